The third-order valence-electron chi connectivity index (χ3n) is 9.21. The van der Waals surface area contributed by atoms with Gasteiger partial charge in [-0.25, -0.2) is 0 Å². The molecule has 0 saturated heterocycles. The molecule has 0 spiro atoms. The molecule has 0 N–H and O–H groups in total. The van der Waals surface area contributed by atoms with Crippen molar-refractivity contribution in [1.82, 2.24) is 4.57 Å². The van der Waals surface area contributed by atoms with Crippen molar-refractivity contribution in [3.63, 3.8) is 0 Å². The molecule has 0 unspecified atom stereocenters. The lowest BCUT2D eigenvalue weighted by Gasteiger charge is -2.23. The van der Waals surface area contributed by atoms with Crippen LogP contribution in [0.4, 0.5) is 0 Å². The molecule has 0 atom stereocenters. The van der Waals surface area contributed by atoms with Gasteiger partial charge < -0.3 is 4.57 Å². The van der Waals surface area contributed by atoms with Crippen molar-refractivity contribution >= 4 is 54.0 Å². The molecule has 1 aromatic heterocycles. The highest BCUT2D eigenvalue weighted by Crippen LogP contribution is 2.47. The van der Waals surface area contributed by atoms with E-state index in [0.717, 1.165) is 0 Å². The molecule has 7 aromatic carbocycles. The Balaban J connectivity index is 1.67. The first-order valence-electron chi connectivity index (χ1n) is 15.1. The lowest BCUT2D eigenvalue weighted by Crippen LogP contribution is -2.11. The second kappa shape index (κ2) is 8.94. The zero-order valence-electron chi connectivity index (χ0n) is 25.0. The highest BCUT2D eigenvalue weighted by Gasteiger charge is 2.24. The minimum atomic E-state index is 0.0437. The molecule has 8 aromatic rings. The molecule has 0 aliphatic carbocycles. The summed E-state index contributed by atoms with van der Waals surface area (Å²) < 4.78 is 2.53. The van der Waals surface area contributed by atoms with E-state index in [9.17, 15) is 0 Å². The maximum atomic E-state index is 2.53. The zero-order valence-corrected chi connectivity index (χ0v) is 25.0. The number of hydrogen-bond acceptors (Lipinski definition) is 0. The van der Waals surface area contributed by atoms with Crippen molar-refractivity contribution in [2.75, 3.05) is 0 Å². The summed E-state index contributed by atoms with van der Waals surface area (Å²) in [4.78, 5) is 0. The molecule has 0 fully saturated rings. The van der Waals surface area contributed by atoms with Crippen LogP contribution in [0.1, 0.15) is 51.7 Å². The van der Waals surface area contributed by atoms with Gasteiger partial charge in [-0.3, -0.25) is 0 Å². The van der Waals surface area contributed by atoms with E-state index in [1.807, 2.05) is 0 Å². The molecule has 1 heterocycles. The first-order valence-corrected chi connectivity index (χ1v) is 15.1. The molecule has 0 amide bonds. The van der Waals surface area contributed by atoms with E-state index >= 15 is 0 Å². The fraction of sp³-hybridized carbons (Fsp3) is 0.171. The molecule has 0 saturated carbocycles. The first-order chi connectivity index (χ1) is 20.3. The van der Waals surface area contributed by atoms with E-state index in [4.69, 9.17) is 0 Å². The normalized spacial score (nSPS) is 12.6. The Morgan fingerprint density at radius 2 is 1.24 bits per heavy atom. The fourth-order valence-corrected chi connectivity index (χ4v) is 6.99. The summed E-state index contributed by atoms with van der Waals surface area (Å²) in [6.07, 6.45) is 0. The third-order valence-corrected chi connectivity index (χ3v) is 9.21. The summed E-state index contributed by atoms with van der Waals surface area (Å²) in [7, 11) is 0. The van der Waals surface area contributed by atoms with E-state index in [1.54, 1.807) is 0 Å². The molecule has 0 aliphatic heterocycles. The van der Waals surface area contributed by atoms with Gasteiger partial charge in [-0.05, 0) is 90.5 Å². The summed E-state index contributed by atoms with van der Waals surface area (Å²) in [5.74, 6) is 0.437. The Hall–Kier alpha value is -4.62. The number of rotatable bonds is 3. The summed E-state index contributed by atoms with van der Waals surface area (Å²) in [6.45, 7) is 11.6. The maximum Gasteiger partial charge on any atom is 0.0620 e. The Kier molecular flexibility index (Phi) is 5.35. The summed E-state index contributed by atoms with van der Waals surface area (Å²) in [5.41, 5.74) is 7.77. The van der Waals surface area contributed by atoms with Gasteiger partial charge in [0, 0.05) is 22.0 Å². The molecule has 1 heteroatoms. The van der Waals surface area contributed by atoms with Gasteiger partial charge in [0.1, 0.15) is 0 Å². The Labute approximate surface area is 247 Å². The van der Waals surface area contributed by atoms with E-state index in [1.165, 1.54) is 82.1 Å². The van der Waals surface area contributed by atoms with Crippen molar-refractivity contribution in [1.29, 1.82) is 0 Å². The lowest BCUT2D eigenvalue weighted by atomic mass is 9.82. The SMILES string of the molecule is CC(C)c1cc2ccc3cc(C(C)(C)C)cc4c5cc(-c6cccc7ccccc67)n(-c6ccccc6)c5c(c1)c2c34. The molecule has 0 radical (unpaired) electrons. The van der Waals surface area contributed by atoms with Gasteiger partial charge in [0.15, 0.2) is 0 Å². The molecular weight excluding hydrogens is 506 g/mol. The molecule has 0 aliphatic rings. The molecular formula is C41H35N. The Morgan fingerprint density at radius 3 is 2.00 bits per heavy atom. The number of fused-ring (bicyclic) bond motifs is 4. The molecule has 0 bridgehead atoms. The van der Waals surface area contributed by atoms with Crippen LogP contribution in [-0.2, 0) is 5.41 Å². The predicted molar refractivity (Wildman–Crippen MR) is 183 cm³/mol. The smallest absolute Gasteiger partial charge is 0.0620 e. The van der Waals surface area contributed by atoms with Crippen molar-refractivity contribution in [3.8, 4) is 16.9 Å². The predicted octanol–water partition coefficient (Wildman–Crippen LogP) is 11.8. The van der Waals surface area contributed by atoms with Gasteiger partial charge in [0.2, 0.25) is 0 Å². The number of benzene rings is 7. The standard InChI is InChI=1S/C41H35N/c1-25(2)29-20-27-18-19-28-21-30(41(3,4)5)23-34-35-24-37(33-17-11-13-26-12-9-10-16-32(26)33)42(31-14-7-6-8-15-31)40(35)36(22-29)39(27)38(28)34/h6-25H,1-5H3. The van der Waals surface area contributed by atoms with Gasteiger partial charge >= 0.3 is 0 Å². The topological polar surface area (TPSA) is 4.93 Å². The number of aromatic nitrogens is 1. The van der Waals surface area contributed by atoms with E-state index in [2.05, 4.69) is 154 Å². The van der Waals surface area contributed by atoms with Crippen LogP contribution in [0.2, 0.25) is 0 Å². The Morgan fingerprint density at radius 1 is 0.548 bits per heavy atom. The average molecular weight is 542 g/mol. The number of nitrogens with zero attached hydrogens (tertiary/aromatic N) is 1. The van der Waals surface area contributed by atoms with Gasteiger partial charge in [-0.1, -0.05) is 120 Å². The van der Waals surface area contributed by atoms with Crippen molar-refractivity contribution < 1.29 is 0 Å². The van der Waals surface area contributed by atoms with Crippen LogP contribution >= 0.6 is 0 Å². The van der Waals surface area contributed by atoms with E-state index < -0.39 is 0 Å². The van der Waals surface area contributed by atoms with Crippen LogP contribution in [0.25, 0.3) is 70.9 Å². The maximum absolute atomic E-state index is 2.53. The highest BCUT2D eigenvalue weighted by atomic mass is 15.0. The quantitative estimate of drug-likeness (QED) is 0.196. The van der Waals surface area contributed by atoms with Crippen LogP contribution in [0, 0.1) is 0 Å². The van der Waals surface area contributed by atoms with Crippen LogP contribution in [0.15, 0.2) is 115 Å². The average Bonchev–Trinajstić information content (AvgIpc) is 3.40. The van der Waals surface area contributed by atoms with Gasteiger partial charge in [-0.2, -0.15) is 0 Å². The number of hydrogen-bond donors (Lipinski definition) is 0. The van der Waals surface area contributed by atoms with Gasteiger partial charge in [0.05, 0.1) is 11.2 Å². The van der Waals surface area contributed by atoms with Crippen LogP contribution in [-0.4, -0.2) is 4.57 Å². The van der Waals surface area contributed by atoms with Crippen molar-refractivity contribution in [2.24, 2.45) is 0 Å². The summed E-state index contributed by atoms with van der Waals surface area (Å²) in [6, 6.07) is 43.3. The third kappa shape index (κ3) is 3.63. The largest absolute Gasteiger partial charge is 0.309 e. The second-order valence-corrected chi connectivity index (χ2v) is 13.2. The van der Waals surface area contributed by atoms with Crippen molar-refractivity contribution in [3.05, 3.63) is 126 Å². The van der Waals surface area contributed by atoms with Gasteiger partial charge in [-0.15, -0.1) is 0 Å². The second-order valence-electron chi connectivity index (χ2n) is 13.2. The Bertz CT molecular complexity index is 2290. The van der Waals surface area contributed by atoms with Crippen LogP contribution in [0.3, 0.4) is 0 Å². The highest BCUT2D eigenvalue weighted by molar-refractivity contribution is 6.34. The molecule has 42 heavy (non-hydrogen) atoms. The van der Waals surface area contributed by atoms with Crippen LogP contribution in [0.5, 0.6) is 0 Å². The molecule has 8 rings (SSSR count). The zero-order chi connectivity index (χ0) is 28.7. The lowest BCUT2D eigenvalue weighted by molar-refractivity contribution is 0.592. The summed E-state index contributed by atoms with van der Waals surface area (Å²) >= 11 is 0. The number of para-hydroxylation sites is 1. The van der Waals surface area contributed by atoms with Crippen molar-refractivity contribution in [2.45, 2.75) is 46.0 Å². The fourth-order valence-electron chi connectivity index (χ4n) is 6.99. The van der Waals surface area contributed by atoms with E-state index in [-0.39, 0.29) is 5.41 Å². The monoisotopic (exact) mass is 541 g/mol. The minimum Gasteiger partial charge on any atom is -0.309 e. The summed E-state index contributed by atoms with van der Waals surface area (Å²) in [5, 5.41) is 12.0. The molecule has 204 valence electrons. The first kappa shape index (κ1) is 25.1. The van der Waals surface area contributed by atoms with Crippen LogP contribution < -0.4 is 0 Å². The van der Waals surface area contributed by atoms with Gasteiger partial charge in [0.25, 0.3) is 0 Å². The minimum absolute atomic E-state index is 0.0437. The van der Waals surface area contributed by atoms with E-state index in [0.29, 0.717) is 5.92 Å². The molecule has 1 nitrogen and oxygen atoms in total.